The number of urea groups is 1. The maximum atomic E-state index is 11.9. The first kappa shape index (κ1) is 17.7. The minimum Gasteiger partial charge on any atom is -0.480 e. The van der Waals surface area contributed by atoms with Crippen molar-refractivity contribution < 1.29 is 19.4 Å². The number of aliphatic carboxylic acids is 1. The Labute approximate surface area is 126 Å². The Hall–Kier alpha value is -1.34. The SMILES string of the molecule is CC(C)N(C)CCCNC(=O)N1CC(C)(OCC(=O)O)C1. The molecule has 1 aliphatic heterocycles. The maximum Gasteiger partial charge on any atom is 0.329 e. The molecule has 1 fully saturated rings. The van der Waals surface area contributed by atoms with E-state index in [0.717, 1.165) is 13.0 Å². The number of nitrogens with one attached hydrogen (secondary N) is 1. The van der Waals surface area contributed by atoms with Crippen molar-refractivity contribution in [3.63, 3.8) is 0 Å². The van der Waals surface area contributed by atoms with Crippen LogP contribution in [-0.4, -0.2) is 78.4 Å². The van der Waals surface area contributed by atoms with Crippen LogP contribution < -0.4 is 5.32 Å². The molecule has 2 amide bonds. The minimum absolute atomic E-state index is 0.112. The second kappa shape index (κ2) is 7.61. The van der Waals surface area contributed by atoms with E-state index in [2.05, 4.69) is 31.1 Å². The van der Waals surface area contributed by atoms with Crippen LogP contribution in [0, 0.1) is 0 Å². The third-order valence-corrected chi connectivity index (χ3v) is 3.73. The van der Waals surface area contributed by atoms with Gasteiger partial charge >= 0.3 is 12.0 Å². The Balaban J connectivity index is 2.14. The maximum absolute atomic E-state index is 11.9. The topological polar surface area (TPSA) is 82.1 Å². The van der Waals surface area contributed by atoms with Gasteiger partial charge in [0, 0.05) is 12.6 Å². The number of amides is 2. The van der Waals surface area contributed by atoms with Gasteiger partial charge in [0.25, 0.3) is 0 Å². The molecule has 122 valence electrons. The number of carbonyl (C=O) groups is 2. The minimum atomic E-state index is -0.992. The number of rotatable bonds is 8. The summed E-state index contributed by atoms with van der Waals surface area (Å²) in [7, 11) is 2.06. The van der Waals surface area contributed by atoms with Crippen LogP contribution in [-0.2, 0) is 9.53 Å². The van der Waals surface area contributed by atoms with Crippen molar-refractivity contribution in [1.82, 2.24) is 15.1 Å². The summed E-state index contributed by atoms with van der Waals surface area (Å²) in [6.45, 7) is 8.20. The lowest BCUT2D eigenvalue weighted by molar-refractivity contribution is -0.159. The normalized spacial score (nSPS) is 17.0. The zero-order chi connectivity index (χ0) is 16.0. The van der Waals surface area contributed by atoms with Crippen LogP contribution in [0.3, 0.4) is 0 Å². The van der Waals surface area contributed by atoms with Crippen molar-refractivity contribution in [2.24, 2.45) is 0 Å². The average molecular weight is 301 g/mol. The molecule has 7 nitrogen and oxygen atoms in total. The van der Waals surface area contributed by atoms with Crippen LogP contribution in [0.5, 0.6) is 0 Å². The van der Waals surface area contributed by atoms with Gasteiger partial charge in [0.2, 0.25) is 0 Å². The summed E-state index contributed by atoms with van der Waals surface area (Å²) in [5.41, 5.74) is -0.534. The van der Waals surface area contributed by atoms with Crippen LogP contribution >= 0.6 is 0 Å². The van der Waals surface area contributed by atoms with Crippen LogP contribution in [0.4, 0.5) is 4.79 Å². The number of ether oxygens (including phenoxy) is 1. The molecule has 1 rings (SSSR count). The lowest BCUT2D eigenvalue weighted by Gasteiger charge is -2.47. The molecule has 1 heterocycles. The first-order valence-electron chi connectivity index (χ1n) is 7.32. The first-order valence-corrected chi connectivity index (χ1v) is 7.32. The number of carbonyl (C=O) groups excluding carboxylic acids is 1. The van der Waals surface area contributed by atoms with Crippen molar-refractivity contribution in [3.8, 4) is 0 Å². The molecule has 21 heavy (non-hydrogen) atoms. The second-order valence-corrected chi connectivity index (χ2v) is 6.15. The van der Waals surface area contributed by atoms with Gasteiger partial charge in [-0.05, 0) is 40.8 Å². The summed E-state index contributed by atoms with van der Waals surface area (Å²) < 4.78 is 5.26. The molecule has 0 unspecified atom stereocenters. The van der Waals surface area contributed by atoms with Crippen molar-refractivity contribution in [2.45, 2.75) is 38.8 Å². The van der Waals surface area contributed by atoms with E-state index in [1.54, 1.807) is 4.90 Å². The smallest absolute Gasteiger partial charge is 0.329 e. The number of nitrogens with zero attached hydrogens (tertiary/aromatic N) is 2. The van der Waals surface area contributed by atoms with Gasteiger partial charge in [-0.1, -0.05) is 0 Å². The molecule has 0 aromatic heterocycles. The molecule has 0 aromatic rings. The van der Waals surface area contributed by atoms with E-state index < -0.39 is 11.6 Å². The summed E-state index contributed by atoms with van der Waals surface area (Å²) in [4.78, 5) is 26.2. The van der Waals surface area contributed by atoms with Gasteiger partial charge in [-0.25, -0.2) is 9.59 Å². The molecule has 7 heteroatoms. The van der Waals surface area contributed by atoms with Gasteiger partial charge in [-0.2, -0.15) is 0 Å². The number of hydrogen-bond donors (Lipinski definition) is 2. The highest BCUT2D eigenvalue weighted by Crippen LogP contribution is 2.24. The summed E-state index contributed by atoms with van der Waals surface area (Å²) in [5, 5.41) is 11.4. The Morgan fingerprint density at radius 1 is 1.43 bits per heavy atom. The Bertz CT molecular complexity index is 367. The van der Waals surface area contributed by atoms with E-state index in [9.17, 15) is 9.59 Å². The van der Waals surface area contributed by atoms with Crippen molar-refractivity contribution >= 4 is 12.0 Å². The quantitative estimate of drug-likeness (QED) is 0.642. The second-order valence-electron chi connectivity index (χ2n) is 6.15. The van der Waals surface area contributed by atoms with E-state index in [1.165, 1.54) is 0 Å². The molecule has 1 aliphatic rings. The fourth-order valence-electron chi connectivity index (χ4n) is 2.13. The highest BCUT2D eigenvalue weighted by atomic mass is 16.5. The molecule has 0 spiro atoms. The molecule has 0 radical (unpaired) electrons. The molecular weight excluding hydrogens is 274 g/mol. The van der Waals surface area contributed by atoms with Crippen molar-refractivity contribution in [1.29, 1.82) is 0 Å². The molecule has 0 aliphatic carbocycles. The lowest BCUT2D eigenvalue weighted by atomic mass is 9.97. The summed E-state index contributed by atoms with van der Waals surface area (Å²) in [6, 6.07) is 0.391. The lowest BCUT2D eigenvalue weighted by Crippen LogP contribution is -2.65. The van der Waals surface area contributed by atoms with Crippen LogP contribution in [0.2, 0.25) is 0 Å². The highest BCUT2D eigenvalue weighted by molar-refractivity contribution is 5.75. The van der Waals surface area contributed by atoms with Gasteiger partial charge in [-0.15, -0.1) is 0 Å². The summed E-state index contributed by atoms with van der Waals surface area (Å²) in [5.74, 6) is -0.992. The molecule has 0 aromatic carbocycles. The van der Waals surface area contributed by atoms with Crippen LogP contribution in [0.1, 0.15) is 27.2 Å². The van der Waals surface area contributed by atoms with Crippen LogP contribution in [0.25, 0.3) is 0 Å². The predicted molar refractivity (Wildman–Crippen MR) is 79.3 cm³/mol. The molecule has 0 atom stereocenters. The number of likely N-dealkylation sites (tertiary alicyclic amines) is 1. The summed E-state index contributed by atoms with van der Waals surface area (Å²) >= 11 is 0. The van der Waals surface area contributed by atoms with Crippen molar-refractivity contribution in [2.75, 3.05) is 39.8 Å². The average Bonchev–Trinajstić information content (AvgIpc) is 2.37. The van der Waals surface area contributed by atoms with Gasteiger partial charge in [0.1, 0.15) is 12.2 Å². The highest BCUT2D eigenvalue weighted by Gasteiger charge is 2.42. The molecule has 0 bridgehead atoms. The van der Waals surface area contributed by atoms with E-state index in [0.29, 0.717) is 25.7 Å². The number of carboxylic acid groups (broad SMARTS) is 1. The Morgan fingerprint density at radius 2 is 2.05 bits per heavy atom. The fraction of sp³-hybridized carbons (Fsp3) is 0.857. The Kier molecular flexibility index (Phi) is 6.42. The van der Waals surface area contributed by atoms with Gasteiger partial charge in [0.15, 0.2) is 0 Å². The van der Waals surface area contributed by atoms with Gasteiger partial charge in [0.05, 0.1) is 13.1 Å². The van der Waals surface area contributed by atoms with Crippen molar-refractivity contribution in [3.05, 3.63) is 0 Å². The molecular formula is C14H27N3O4. The monoisotopic (exact) mass is 301 g/mol. The Morgan fingerprint density at radius 3 is 2.57 bits per heavy atom. The molecule has 1 saturated heterocycles. The van der Waals surface area contributed by atoms with E-state index in [4.69, 9.17) is 9.84 Å². The third kappa shape index (κ3) is 5.89. The molecule has 0 saturated carbocycles. The molecule has 2 N–H and O–H groups in total. The van der Waals surface area contributed by atoms with E-state index in [-0.39, 0.29) is 12.6 Å². The van der Waals surface area contributed by atoms with E-state index >= 15 is 0 Å². The zero-order valence-corrected chi connectivity index (χ0v) is 13.4. The zero-order valence-electron chi connectivity index (χ0n) is 13.4. The fourth-order valence-corrected chi connectivity index (χ4v) is 2.13. The summed E-state index contributed by atoms with van der Waals surface area (Å²) in [6.07, 6.45) is 0.904. The predicted octanol–water partition coefficient (Wildman–Crippen LogP) is 0.602. The van der Waals surface area contributed by atoms with Gasteiger partial charge < -0.3 is 25.0 Å². The third-order valence-electron chi connectivity index (χ3n) is 3.73. The number of carboxylic acids is 1. The first-order chi connectivity index (χ1) is 9.73. The van der Waals surface area contributed by atoms with E-state index in [1.807, 2.05) is 6.92 Å². The standard InChI is InChI=1S/C14H27N3O4/c1-11(2)16(4)7-5-6-15-13(20)17-9-14(3,10-17)21-8-12(18)19/h11H,5-10H2,1-4H3,(H,15,20)(H,18,19). The van der Waals surface area contributed by atoms with Gasteiger partial charge in [-0.3, -0.25) is 0 Å². The van der Waals surface area contributed by atoms with Crippen LogP contribution in [0.15, 0.2) is 0 Å². The largest absolute Gasteiger partial charge is 0.480 e. The number of hydrogen-bond acceptors (Lipinski definition) is 4.